The molecule has 4 rings (SSSR count). The van der Waals surface area contributed by atoms with Gasteiger partial charge in [-0.1, -0.05) is 123 Å². The van der Waals surface area contributed by atoms with E-state index in [2.05, 4.69) is 131 Å². The molecule has 0 saturated carbocycles. The second-order valence-corrected chi connectivity index (χ2v) is 23.4. The third-order valence-electron chi connectivity index (χ3n) is 11.5. The normalized spacial score (nSPS) is 31.0. The molecule has 3 fully saturated rings. The first-order valence-corrected chi connectivity index (χ1v) is 24.0. The molecule has 0 radical (unpaired) electrons. The van der Waals surface area contributed by atoms with Crippen molar-refractivity contribution < 1.29 is 28.1 Å². The van der Waals surface area contributed by atoms with Crippen LogP contribution in [0.15, 0.2) is 30.3 Å². The maximum absolute atomic E-state index is 7.47. The van der Waals surface area contributed by atoms with E-state index in [0.29, 0.717) is 10.5 Å². The van der Waals surface area contributed by atoms with Crippen molar-refractivity contribution in [3.63, 3.8) is 0 Å². The fourth-order valence-electron chi connectivity index (χ4n) is 8.47. The Balaban J connectivity index is 1.45. The molecule has 0 spiro atoms. The van der Waals surface area contributed by atoms with Crippen LogP contribution in [-0.4, -0.2) is 70.3 Å². The van der Waals surface area contributed by atoms with Crippen molar-refractivity contribution in [3.05, 3.63) is 35.9 Å². The third-order valence-corrected chi connectivity index (χ3v) is 19.2. The minimum absolute atomic E-state index is 0.0169. The summed E-state index contributed by atoms with van der Waals surface area (Å²) >= 11 is 5.19. The van der Waals surface area contributed by atoms with Crippen LogP contribution in [0.5, 0.6) is 0 Å². The van der Waals surface area contributed by atoms with Crippen molar-refractivity contribution in [2.24, 2.45) is 11.8 Å². The molecule has 3 aliphatic rings. The molecule has 48 heavy (non-hydrogen) atoms. The zero-order valence-electron chi connectivity index (χ0n) is 31.5. The summed E-state index contributed by atoms with van der Waals surface area (Å²) in [6.07, 6.45) is 7.32. The van der Waals surface area contributed by atoms with E-state index in [1.54, 1.807) is 0 Å². The lowest BCUT2D eigenvalue weighted by atomic mass is 9.84. The fourth-order valence-corrected chi connectivity index (χ4v) is 14.1. The monoisotopic (exact) mass is 912 g/mol. The highest BCUT2D eigenvalue weighted by molar-refractivity contribution is 14.1. The van der Waals surface area contributed by atoms with Gasteiger partial charge in [-0.15, -0.1) is 0 Å². The first-order chi connectivity index (χ1) is 22.7. The van der Waals surface area contributed by atoms with Crippen molar-refractivity contribution in [1.29, 1.82) is 0 Å². The molecule has 276 valence electrons. The molecule has 3 aliphatic heterocycles. The highest BCUT2D eigenvalue weighted by Crippen LogP contribution is 2.45. The highest BCUT2D eigenvalue weighted by Gasteiger charge is 2.53. The zero-order valence-corrected chi connectivity index (χ0v) is 36.8. The van der Waals surface area contributed by atoms with Gasteiger partial charge in [0.15, 0.2) is 14.1 Å². The minimum Gasteiger partial charge on any atom is -0.413 e. The van der Waals surface area contributed by atoms with E-state index in [1.807, 2.05) is 13.8 Å². The topological polar surface area (TPSA) is 55.4 Å². The fraction of sp³-hybridized carbons (Fsp3) is 0.846. The van der Waals surface area contributed by atoms with Crippen molar-refractivity contribution in [2.75, 3.05) is 0 Å². The Morgan fingerprint density at radius 1 is 0.812 bits per heavy atom. The Hall–Kier alpha value is 0.657. The van der Waals surface area contributed by atoms with Gasteiger partial charge in [-0.05, 0) is 83.5 Å². The second kappa shape index (κ2) is 18.1. The Labute approximate surface area is 321 Å². The summed E-state index contributed by atoms with van der Waals surface area (Å²) in [7, 11) is -1.88. The summed E-state index contributed by atoms with van der Waals surface area (Å²) < 4.78 is 41.3. The number of benzene rings is 1. The number of ether oxygens (including phenoxy) is 5. The highest BCUT2D eigenvalue weighted by atomic mass is 127. The lowest BCUT2D eigenvalue weighted by Crippen LogP contribution is -2.49. The maximum atomic E-state index is 7.47. The second-order valence-electron chi connectivity index (χ2n) is 15.8. The van der Waals surface area contributed by atoms with E-state index in [4.69, 9.17) is 28.1 Å². The van der Waals surface area contributed by atoms with Gasteiger partial charge in [0.2, 0.25) is 0 Å². The summed E-state index contributed by atoms with van der Waals surface area (Å²) in [6, 6.07) is 14.0. The van der Waals surface area contributed by atoms with Crippen molar-refractivity contribution in [3.8, 4) is 0 Å². The summed E-state index contributed by atoms with van der Waals surface area (Å²) in [5.41, 5.74) is 0.875. The van der Waals surface area contributed by atoms with Gasteiger partial charge in [0.1, 0.15) is 6.10 Å². The Bertz CT molecular complexity index is 1090. The molecule has 1 aromatic carbocycles. The van der Waals surface area contributed by atoms with Gasteiger partial charge >= 0.3 is 0 Å². The molecule has 1 aromatic rings. The Morgan fingerprint density at radius 2 is 1.35 bits per heavy atom. The predicted octanol–water partition coefficient (Wildman–Crippen LogP) is 10.7. The third kappa shape index (κ3) is 10.2. The maximum Gasteiger partial charge on any atom is 0.192 e. The van der Waals surface area contributed by atoms with Crippen LogP contribution in [0.25, 0.3) is 0 Å². The van der Waals surface area contributed by atoms with Crippen LogP contribution in [0.4, 0.5) is 0 Å². The van der Waals surface area contributed by atoms with E-state index in [0.717, 1.165) is 56.7 Å². The van der Waals surface area contributed by atoms with E-state index in [1.165, 1.54) is 5.56 Å². The molecule has 0 N–H and O–H groups in total. The van der Waals surface area contributed by atoms with Crippen LogP contribution >= 0.6 is 45.2 Å². The number of alkyl halides is 2. The molecular formula is C39H66I2O6Si. The van der Waals surface area contributed by atoms with E-state index in [-0.39, 0.29) is 64.1 Å². The Kier molecular flexibility index (Phi) is 15.6. The average Bonchev–Trinajstić information content (AvgIpc) is 3.81. The molecule has 6 nitrogen and oxygen atoms in total. The summed E-state index contributed by atoms with van der Waals surface area (Å²) in [5.74, 6) is -0.0217. The average molecular weight is 913 g/mol. The van der Waals surface area contributed by atoms with E-state index < -0.39 is 14.1 Å². The van der Waals surface area contributed by atoms with Crippen molar-refractivity contribution >= 4 is 53.5 Å². The summed E-state index contributed by atoms with van der Waals surface area (Å²) in [5, 5.41) is 0. The molecule has 0 aromatic heterocycles. The molecule has 9 heteroatoms. The van der Waals surface area contributed by atoms with Crippen LogP contribution in [0.3, 0.4) is 0 Å². The minimum atomic E-state index is -1.88. The van der Waals surface area contributed by atoms with Crippen LogP contribution in [0.2, 0.25) is 18.1 Å². The predicted molar refractivity (Wildman–Crippen MR) is 216 cm³/mol. The number of halogens is 2. The Morgan fingerprint density at radius 3 is 1.88 bits per heavy atom. The van der Waals surface area contributed by atoms with Crippen LogP contribution in [0.1, 0.15) is 113 Å². The van der Waals surface area contributed by atoms with Gasteiger partial charge in [0.25, 0.3) is 0 Å². The van der Waals surface area contributed by atoms with Gasteiger partial charge in [0.05, 0.1) is 56.7 Å². The molecule has 3 heterocycles. The van der Waals surface area contributed by atoms with Gasteiger partial charge in [-0.3, -0.25) is 0 Å². The van der Waals surface area contributed by atoms with E-state index in [9.17, 15) is 0 Å². The van der Waals surface area contributed by atoms with Crippen LogP contribution in [-0.2, 0) is 34.7 Å². The van der Waals surface area contributed by atoms with Gasteiger partial charge in [0, 0.05) is 11.8 Å². The van der Waals surface area contributed by atoms with Crippen LogP contribution in [0, 0.1) is 11.8 Å². The number of hydrogen-bond acceptors (Lipinski definition) is 6. The molecule has 0 bridgehead atoms. The van der Waals surface area contributed by atoms with E-state index >= 15 is 0 Å². The number of hydrogen-bond donors (Lipinski definition) is 0. The van der Waals surface area contributed by atoms with Gasteiger partial charge in [-0.2, -0.15) is 0 Å². The standard InChI is InChI=1S/C39H66I2O6Si/c1-11-18-31(42-25-28-19-16-15-17-20-28)34(40)32-23-21-29(43-32)26(5)36(46-48(12-2,13-3)14-4)27(6)30-22-24-33(44-30)35(41)37-38(7,8)47-39(9,10)45-37/h15-17,19-20,26-27,29-37H,11-14,18,21-25H2,1-10H3/t26-,27-,29-,30+,31+,32+,33-,34+,35-,36+,37?/m1/s1. The smallest absolute Gasteiger partial charge is 0.192 e. The van der Waals surface area contributed by atoms with Gasteiger partial charge < -0.3 is 28.1 Å². The first kappa shape index (κ1) is 41.4. The largest absolute Gasteiger partial charge is 0.413 e. The molecule has 11 atom stereocenters. The lowest BCUT2D eigenvalue weighted by Gasteiger charge is -2.42. The number of rotatable bonds is 18. The first-order valence-electron chi connectivity index (χ1n) is 19.0. The summed E-state index contributed by atoms with van der Waals surface area (Å²) in [6.45, 7) is 23.1. The quantitative estimate of drug-likeness (QED) is 0.0831. The van der Waals surface area contributed by atoms with Crippen LogP contribution < -0.4 is 0 Å². The molecule has 1 unspecified atom stereocenters. The molecule has 0 amide bonds. The molecule has 0 aliphatic carbocycles. The van der Waals surface area contributed by atoms with Crippen molar-refractivity contribution in [1.82, 2.24) is 0 Å². The lowest BCUT2D eigenvalue weighted by molar-refractivity contribution is -0.158. The molecular weight excluding hydrogens is 846 g/mol. The zero-order chi connectivity index (χ0) is 35.3. The van der Waals surface area contributed by atoms with Crippen molar-refractivity contribution in [2.45, 2.75) is 194 Å². The molecule has 3 saturated heterocycles. The summed E-state index contributed by atoms with van der Waals surface area (Å²) in [4.78, 5) is 0. The SMILES string of the molecule is CCC[C@H](OCc1ccccc1)[C@H](I)[C@@H]1CC[C@H]([C@@H](C)[C@H](O[Si](CC)(CC)CC)[C@H](C)[C@@H]2CC[C@H]([C@@H](I)C3OC(C)(C)OC3(C)C)O2)O1. The van der Waals surface area contributed by atoms with Gasteiger partial charge in [-0.25, -0.2) is 0 Å².